The van der Waals surface area contributed by atoms with Crippen molar-refractivity contribution < 1.29 is 0 Å². The number of nitriles is 1. The van der Waals surface area contributed by atoms with E-state index in [1.165, 1.54) is 0 Å². The van der Waals surface area contributed by atoms with Crippen LogP contribution in [0.5, 0.6) is 0 Å². The van der Waals surface area contributed by atoms with Gasteiger partial charge in [-0.15, -0.1) is 0 Å². The normalized spacial score (nSPS) is 48.7. The molecule has 2 bridgehead atoms. The second-order valence-corrected chi connectivity index (χ2v) is 3.70. The number of hydrogen-bond donors (Lipinski definition) is 1. The van der Waals surface area contributed by atoms with Gasteiger partial charge in [-0.05, 0) is 31.8 Å². The number of piperidine rings is 3. The molecule has 0 aliphatic carbocycles. The molecule has 0 saturated carbocycles. The smallest absolute Gasteiger partial charge is 0.120 e. The molecule has 3 nitrogen and oxygen atoms in total. The van der Waals surface area contributed by atoms with Gasteiger partial charge in [0.1, 0.15) is 5.54 Å². The summed E-state index contributed by atoms with van der Waals surface area (Å²) in [5.74, 6) is 0.456. The van der Waals surface area contributed by atoms with Crippen molar-refractivity contribution in [1.29, 1.82) is 5.26 Å². The van der Waals surface area contributed by atoms with Crippen molar-refractivity contribution in [3.8, 4) is 6.07 Å². The molecular formula is C8H13N3. The van der Waals surface area contributed by atoms with E-state index in [0.717, 1.165) is 32.5 Å². The fourth-order valence-corrected chi connectivity index (χ4v) is 2.23. The van der Waals surface area contributed by atoms with Crippen molar-refractivity contribution in [3.05, 3.63) is 0 Å². The van der Waals surface area contributed by atoms with E-state index in [1.54, 1.807) is 0 Å². The van der Waals surface area contributed by atoms with Gasteiger partial charge >= 0.3 is 0 Å². The van der Waals surface area contributed by atoms with Gasteiger partial charge < -0.3 is 10.6 Å². The fourth-order valence-electron chi connectivity index (χ4n) is 2.23. The first-order valence-electron chi connectivity index (χ1n) is 4.17. The van der Waals surface area contributed by atoms with Crippen molar-refractivity contribution in [2.75, 3.05) is 19.6 Å². The fraction of sp³-hybridized carbons (Fsp3) is 0.875. The lowest BCUT2D eigenvalue weighted by Gasteiger charge is -2.47. The van der Waals surface area contributed by atoms with E-state index < -0.39 is 5.54 Å². The van der Waals surface area contributed by atoms with Crippen LogP contribution in [0, 0.1) is 17.2 Å². The Bertz CT molecular complexity index is 200. The summed E-state index contributed by atoms with van der Waals surface area (Å²) in [6.07, 6.45) is 2.23. The minimum Gasteiger partial charge on any atom is -0.312 e. The Hall–Kier alpha value is -0.590. The molecule has 0 aromatic heterocycles. The molecule has 3 heterocycles. The zero-order valence-electron chi connectivity index (χ0n) is 6.58. The van der Waals surface area contributed by atoms with E-state index >= 15 is 0 Å². The number of hydrogen-bond acceptors (Lipinski definition) is 3. The standard InChI is InChI=1S/C8H13N3/c9-5-8(10)6-11-3-1-7(8)2-4-11/h7H,1-4,6,10H2. The molecule has 0 radical (unpaired) electrons. The average Bonchev–Trinajstić information content (AvgIpc) is 2.06. The van der Waals surface area contributed by atoms with Gasteiger partial charge in [-0.2, -0.15) is 5.26 Å². The van der Waals surface area contributed by atoms with E-state index in [2.05, 4.69) is 11.0 Å². The van der Waals surface area contributed by atoms with Crippen LogP contribution in [0.4, 0.5) is 0 Å². The van der Waals surface area contributed by atoms with E-state index in [-0.39, 0.29) is 0 Å². The molecule has 0 amide bonds. The zero-order valence-corrected chi connectivity index (χ0v) is 6.58. The van der Waals surface area contributed by atoms with E-state index in [4.69, 9.17) is 11.0 Å². The van der Waals surface area contributed by atoms with E-state index in [1.807, 2.05) is 0 Å². The van der Waals surface area contributed by atoms with Gasteiger partial charge in [0.15, 0.2) is 0 Å². The van der Waals surface area contributed by atoms with E-state index in [9.17, 15) is 0 Å². The van der Waals surface area contributed by atoms with Gasteiger partial charge in [-0.1, -0.05) is 0 Å². The maximum Gasteiger partial charge on any atom is 0.120 e. The topological polar surface area (TPSA) is 53.1 Å². The number of nitrogens with zero attached hydrogens (tertiary/aromatic N) is 2. The quantitative estimate of drug-likeness (QED) is 0.527. The summed E-state index contributed by atoms with van der Waals surface area (Å²) >= 11 is 0. The third-order valence-corrected chi connectivity index (χ3v) is 3.01. The highest BCUT2D eigenvalue weighted by Gasteiger charge is 2.44. The first kappa shape index (κ1) is 7.08. The summed E-state index contributed by atoms with van der Waals surface area (Å²) in [5, 5.41) is 8.87. The predicted molar refractivity (Wildman–Crippen MR) is 41.7 cm³/mol. The van der Waals surface area contributed by atoms with Gasteiger partial charge in [0.05, 0.1) is 6.07 Å². The van der Waals surface area contributed by atoms with Crippen molar-refractivity contribution >= 4 is 0 Å². The van der Waals surface area contributed by atoms with Crippen LogP contribution in [0.15, 0.2) is 0 Å². The largest absolute Gasteiger partial charge is 0.312 e. The lowest BCUT2D eigenvalue weighted by Crippen LogP contribution is -2.63. The highest BCUT2D eigenvalue weighted by atomic mass is 15.2. The molecule has 0 aromatic rings. The lowest BCUT2D eigenvalue weighted by molar-refractivity contribution is 0.0575. The number of nitrogens with two attached hydrogens (primary N) is 1. The maximum atomic E-state index is 8.87. The predicted octanol–water partition coefficient (Wildman–Crippen LogP) is -0.0669. The summed E-state index contributed by atoms with van der Waals surface area (Å²) in [7, 11) is 0. The van der Waals surface area contributed by atoms with Crippen LogP contribution in [0.2, 0.25) is 0 Å². The molecule has 0 aromatic carbocycles. The Morgan fingerprint density at radius 1 is 1.45 bits per heavy atom. The molecule has 3 aliphatic rings. The van der Waals surface area contributed by atoms with Gasteiger partial charge in [0.2, 0.25) is 0 Å². The summed E-state index contributed by atoms with van der Waals surface area (Å²) < 4.78 is 0. The zero-order chi connectivity index (χ0) is 7.90. The Morgan fingerprint density at radius 3 is 2.36 bits per heavy atom. The lowest BCUT2D eigenvalue weighted by atomic mass is 9.74. The minimum atomic E-state index is -0.531. The van der Waals surface area contributed by atoms with Crippen LogP contribution in [0.1, 0.15) is 12.8 Å². The van der Waals surface area contributed by atoms with Crippen molar-refractivity contribution in [1.82, 2.24) is 4.90 Å². The monoisotopic (exact) mass is 151 g/mol. The second-order valence-electron chi connectivity index (χ2n) is 3.70. The first-order chi connectivity index (χ1) is 5.24. The minimum absolute atomic E-state index is 0.456. The molecular weight excluding hydrogens is 138 g/mol. The molecule has 60 valence electrons. The molecule has 3 heteroatoms. The van der Waals surface area contributed by atoms with Gasteiger partial charge in [-0.3, -0.25) is 0 Å². The van der Waals surface area contributed by atoms with Crippen LogP contribution >= 0.6 is 0 Å². The highest BCUT2D eigenvalue weighted by Crippen LogP contribution is 2.33. The molecule has 3 rings (SSSR count). The summed E-state index contributed by atoms with van der Waals surface area (Å²) in [6.45, 7) is 3.07. The molecule has 3 aliphatic heterocycles. The van der Waals surface area contributed by atoms with Crippen molar-refractivity contribution in [2.24, 2.45) is 11.7 Å². The number of fused-ring (bicyclic) bond motifs is 3. The van der Waals surface area contributed by atoms with Crippen LogP contribution < -0.4 is 5.73 Å². The second kappa shape index (κ2) is 2.20. The van der Waals surface area contributed by atoms with E-state index in [0.29, 0.717) is 5.92 Å². The molecule has 2 N–H and O–H groups in total. The molecule has 0 spiro atoms. The first-order valence-corrected chi connectivity index (χ1v) is 4.17. The van der Waals surface area contributed by atoms with Crippen LogP contribution in [-0.4, -0.2) is 30.1 Å². The molecule has 3 saturated heterocycles. The van der Waals surface area contributed by atoms with Gasteiger partial charge in [0.25, 0.3) is 0 Å². The third-order valence-electron chi connectivity index (χ3n) is 3.01. The molecule has 1 unspecified atom stereocenters. The summed E-state index contributed by atoms with van der Waals surface area (Å²) in [5.41, 5.74) is 5.41. The summed E-state index contributed by atoms with van der Waals surface area (Å²) in [4.78, 5) is 2.29. The van der Waals surface area contributed by atoms with Crippen LogP contribution in [-0.2, 0) is 0 Å². The molecule has 3 fully saturated rings. The maximum absolute atomic E-state index is 8.87. The molecule has 1 atom stereocenters. The van der Waals surface area contributed by atoms with Gasteiger partial charge in [0, 0.05) is 6.54 Å². The Balaban J connectivity index is 2.21. The Kier molecular flexibility index (Phi) is 1.41. The van der Waals surface area contributed by atoms with Crippen molar-refractivity contribution in [3.63, 3.8) is 0 Å². The van der Waals surface area contributed by atoms with Crippen LogP contribution in [0.3, 0.4) is 0 Å². The third kappa shape index (κ3) is 0.943. The van der Waals surface area contributed by atoms with Crippen molar-refractivity contribution in [2.45, 2.75) is 18.4 Å². The van der Waals surface area contributed by atoms with Crippen LogP contribution in [0.25, 0.3) is 0 Å². The Morgan fingerprint density at radius 2 is 2.09 bits per heavy atom. The SMILES string of the molecule is N#CC1(N)CN2CCC1CC2. The summed E-state index contributed by atoms with van der Waals surface area (Å²) in [6, 6.07) is 2.25. The molecule has 11 heavy (non-hydrogen) atoms. The average molecular weight is 151 g/mol. The highest BCUT2D eigenvalue weighted by molar-refractivity contribution is 5.14. The van der Waals surface area contributed by atoms with Gasteiger partial charge in [-0.25, -0.2) is 0 Å². The number of rotatable bonds is 0. The Labute approximate surface area is 66.8 Å².